The Kier molecular flexibility index (Phi) is 53.7. The molecule has 0 spiro atoms. The number of rotatable bonds is 68. The number of ketones is 4. The van der Waals surface area contributed by atoms with Gasteiger partial charge in [0.15, 0.2) is 26.5 Å². The van der Waals surface area contributed by atoms with Crippen LogP contribution in [0.25, 0.3) is 0 Å². The lowest BCUT2D eigenvalue weighted by molar-refractivity contribution is -0.282. The molecule has 17 unspecified atom stereocenters. The number of Topliss-reactive ketones (excluding diaryl/α,β-unsaturated/α-hetero) is 4. The van der Waals surface area contributed by atoms with Crippen molar-refractivity contribution in [2.75, 3.05) is 106 Å². The summed E-state index contributed by atoms with van der Waals surface area (Å²) in [5.74, 6) is -2.41. The maximum atomic E-state index is 14.2. The zero-order valence-corrected chi connectivity index (χ0v) is 70.5. The van der Waals surface area contributed by atoms with Crippen LogP contribution >= 0.6 is 7.60 Å². The second-order valence-corrected chi connectivity index (χ2v) is 34.0. The molecule has 19 atom stereocenters. The summed E-state index contributed by atoms with van der Waals surface area (Å²) in [6, 6.07) is -0.424. The van der Waals surface area contributed by atoms with E-state index in [4.69, 9.17) is 51.7 Å². The molecule has 34 heteroatoms. The smallest absolute Gasteiger partial charge is 0.305 e. The highest BCUT2D eigenvalue weighted by Gasteiger charge is 2.45. The largest absolute Gasteiger partial charge is 0.466 e. The molecule has 0 bridgehead atoms. The molecule has 0 aromatic carbocycles. The summed E-state index contributed by atoms with van der Waals surface area (Å²) in [6.07, 6.45) is 4.36. The molecule has 116 heavy (non-hydrogen) atoms. The van der Waals surface area contributed by atoms with Crippen LogP contribution in [0, 0.1) is 29.8 Å². The average molecular weight is 1680 g/mol. The van der Waals surface area contributed by atoms with Crippen molar-refractivity contribution in [3.8, 4) is 0 Å². The van der Waals surface area contributed by atoms with Gasteiger partial charge in [-0.05, 0) is 103 Å². The molecule has 0 aromatic heterocycles. The van der Waals surface area contributed by atoms with E-state index >= 15 is 0 Å². The monoisotopic (exact) mass is 1680 g/mol. The number of unbranched alkanes of at least 4 members (excludes halogenated alkanes) is 14. The van der Waals surface area contributed by atoms with Crippen LogP contribution < -0.4 is 10.6 Å². The maximum Gasteiger partial charge on any atom is 0.305 e. The summed E-state index contributed by atoms with van der Waals surface area (Å²) >= 11 is 0. The number of ether oxygens (including phenoxy) is 9. The molecule has 4 aliphatic heterocycles. The van der Waals surface area contributed by atoms with Crippen molar-refractivity contribution in [3.05, 3.63) is 6.66 Å². The van der Waals surface area contributed by atoms with Gasteiger partial charge in [-0.15, -0.1) is 0 Å². The molecule has 3 amide bonds. The molecule has 0 aliphatic carbocycles. The van der Waals surface area contributed by atoms with Gasteiger partial charge in [0.05, 0.1) is 89.9 Å². The lowest BCUT2D eigenvalue weighted by atomic mass is 9.78. The molecule has 0 saturated carbocycles. The Hall–Kier alpha value is -4.01. The Bertz CT molecular complexity index is 2600. The van der Waals surface area contributed by atoms with Crippen molar-refractivity contribution in [2.24, 2.45) is 23.2 Å². The van der Waals surface area contributed by atoms with Crippen LogP contribution in [0.4, 0.5) is 0 Å². The Morgan fingerprint density at radius 2 is 0.819 bits per heavy atom. The number of carbonyl (C=O) groups excluding carboxylic acids is 8. The molecular weight excluding hydrogens is 1540 g/mol. The average Bonchev–Trinajstić information content (AvgIpc) is 0.970. The third kappa shape index (κ3) is 41.7. The first kappa shape index (κ1) is 104. The number of hydrogen-bond donors (Lipinski definition) is 12. The van der Waals surface area contributed by atoms with Gasteiger partial charge in [0.25, 0.3) is 0 Å². The molecule has 0 radical (unpaired) electrons. The summed E-state index contributed by atoms with van der Waals surface area (Å²) < 4.78 is 74.4. The third-order valence-corrected chi connectivity index (χ3v) is 23.3. The van der Waals surface area contributed by atoms with Crippen molar-refractivity contribution in [2.45, 2.75) is 338 Å². The molecule has 4 aliphatic rings. The normalized spacial score (nSPS) is 26.6. The topological polar surface area (TPSA) is 485 Å². The van der Waals surface area contributed by atoms with Gasteiger partial charge in [-0.3, -0.25) is 42.9 Å². The van der Waals surface area contributed by atoms with E-state index < -0.39 is 143 Å². The first-order valence-electron chi connectivity index (χ1n) is 42.8. The molecule has 4 saturated heterocycles. The van der Waals surface area contributed by atoms with Crippen LogP contribution in [0.2, 0.25) is 0 Å². The van der Waals surface area contributed by atoms with Crippen LogP contribution in [0.15, 0.2) is 0 Å². The molecule has 33 nitrogen and oxygen atoms in total. The van der Waals surface area contributed by atoms with E-state index in [1.165, 1.54) is 7.11 Å². The second kappa shape index (κ2) is 59.7. The van der Waals surface area contributed by atoms with Gasteiger partial charge >= 0.3 is 5.97 Å². The highest BCUT2D eigenvalue weighted by atomic mass is 31.2. The van der Waals surface area contributed by atoms with Gasteiger partial charge < -0.3 is 118 Å². The van der Waals surface area contributed by atoms with E-state index in [1.54, 1.807) is 25.7 Å². The summed E-state index contributed by atoms with van der Waals surface area (Å²) in [4.78, 5) is 107. The van der Waals surface area contributed by atoms with Gasteiger partial charge in [-0.1, -0.05) is 72.1 Å². The van der Waals surface area contributed by atoms with Crippen LogP contribution in [0.1, 0.15) is 252 Å². The van der Waals surface area contributed by atoms with E-state index in [0.717, 1.165) is 38.5 Å². The maximum absolute atomic E-state index is 14.2. The molecule has 674 valence electrons. The number of likely N-dealkylation sites (tertiary alicyclic amines) is 1. The van der Waals surface area contributed by atoms with Crippen molar-refractivity contribution in [3.63, 3.8) is 0 Å². The minimum atomic E-state index is -3.50. The van der Waals surface area contributed by atoms with E-state index in [9.17, 15) is 94.0 Å². The van der Waals surface area contributed by atoms with Crippen molar-refractivity contribution in [1.29, 1.82) is 0 Å². The van der Waals surface area contributed by atoms with Gasteiger partial charge in [0.1, 0.15) is 59.8 Å². The van der Waals surface area contributed by atoms with E-state index in [2.05, 4.69) is 17.3 Å². The van der Waals surface area contributed by atoms with Crippen LogP contribution in [-0.4, -0.2) is 295 Å². The van der Waals surface area contributed by atoms with Crippen LogP contribution in [0.3, 0.4) is 0 Å². The van der Waals surface area contributed by atoms with Gasteiger partial charge in [-0.2, -0.15) is 0 Å². The van der Waals surface area contributed by atoms with E-state index in [0.29, 0.717) is 161 Å². The summed E-state index contributed by atoms with van der Waals surface area (Å²) in [5, 5.41) is 106. The highest BCUT2D eigenvalue weighted by Crippen LogP contribution is 2.46. The minimum absolute atomic E-state index is 0.00394. The quantitative estimate of drug-likeness (QED) is 0.0153. The Labute approximate surface area is 686 Å². The first-order chi connectivity index (χ1) is 55.6. The van der Waals surface area contributed by atoms with Crippen molar-refractivity contribution in [1.82, 2.24) is 15.5 Å². The Morgan fingerprint density at radius 1 is 0.448 bits per heavy atom. The van der Waals surface area contributed by atoms with E-state index in [1.807, 2.05) is 0 Å². The number of β-amino-alcohol motifs (C(OH)–C–C–N with tert-alkyl or cyclic N) is 1. The summed E-state index contributed by atoms with van der Waals surface area (Å²) in [7, 11) is -2.27. The zero-order valence-electron chi connectivity index (χ0n) is 69.6. The predicted octanol–water partition coefficient (Wildman–Crippen LogP) is 5.60. The number of nitrogens with one attached hydrogen (secondary N) is 2. The molecule has 12 N–H and O–H groups in total. The SMILES string of the molecule is [CH2-]P(=O)(OC)OC[C@@H]1C[C@@H](O)CN1C(=O)CCCCCCCCCCC(=O)CC(CCCCC(=O)NCCCNC(=O)CCCCOC1OC(CO)C(O)C(O)C1C)(COCCC(=O)CCCCCC(=O)CCCCOC1OC(CO)C(O)C(O)C1C)COCCC(=O)CCCCOC(=O)CCCCOC1OC(CO)C(O)C(O)C1C. The molecule has 4 heterocycles. The van der Waals surface area contributed by atoms with E-state index in [-0.39, 0.29) is 152 Å². The highest BCUT2D eigenvalue weighted by molar-refractivity contribution is 7.55. The summed E-state index contributed by atoms with van der Waals surface area (Å²) in [6.45, 7) is 8.92. The number of nitrogens with zero attached hydrogens (tertiary/aromatic N) is 1. The predicted molar refractivity (Wildman–Crippen MR) is 423 cm³/mol. The fourth-order valence-corrected chi connectivity index (χ4v) is 15.1. The number of amides is 3. The van der Waals surface area contributed by atoms with Crippen molar-refractivity contribution >= 4 is 54.4 Å². The zero-order chi connectivity index (χ0) is 85.3. The minimum Gasteiger partial charge on any atom is -0.466 e. The first-order valence-corrected chi connectivity index (χ1v) is 44.6. The lowest BCUT2D eigenvalue weighted by Crippen LogP contribution is -2.55. The number of aliphatic hydroxyl groups excluding tert-OH is 10. The molecule has 0 aromatic rings. The molecule has 4 fully saturated rings. The lowest BCUT2D eigenvalue weighted by Gasteiger charge is -2.40. The third-order valence-electron chi connectivity index (χ3n) is 22.2. The fourth-order valence-electron chi connectivity index (χ4n) is 14.6. The summed E-state index contributed by atoms with van der Waals surface area (Å²) in [5.41, 5.74) is -0.895. The Morgan fingerprint density at radius 3 is 1.26 bits per heavy atom. The number of esters is 1. The Balaban J connectivity index is 1.28. The van der Waals surface area contributed by atoms with Crippen molar-refractivity contribution < 1.29 is 146 Å². The molecular formula is C82H145N3O30P-. The number of hydrogen-bond acceptors (Lipinski definition) is 30. The van der Waals surface area contributed by atoms with Gasteiger partial charge in [0.2, 0.25) is 17.7 Å². The van der Waals surface area contributed by atoms with Crippen LogP contribution in [-0.2, 0) is 94.6 Å². The van der Waals surface area contributed by atoms with Gasteiger partial charge in [0, 0.05) is 147 Å². The molecule has 4 rings (SSSR count). The van der Waals surface area contributed by atoms with Gasteiger partial charge in [-0.25, -0.2) is 6.66 Å². The number of aliphatic hydroxyl groups is 10. The second-order valence-electron chi connectivity index (χ2n) is 32.1. The van der Waals surface area contributed by atoms with Crippen LogP contribution in [0.5, 0.6) is 0 Å². The number of carbonyl (C=O) groups is 8. The standard InChI is InChI=1S/C82H145N3O30P/c1-57-73(98)76(101)66(51-86)113-79(57)109-43-24-19-30-61(89)28-14-12-15-29-62(90)37-46-106-55-82(49-64(92)32-13-10-8-6-7-9-11-16-35-71(96)85-50-65(93)48-60(85)54-112-116(5,104)105-4,39-22-17-33-69(94)83-40-27-41-84-70(95)34-20-25-44-110-80-58(2)74(99)77(102)67(52-87)114-80)56-107-47-38-63(91)31-18-23-42-108-72(97)36-21-26-45-111-81-59(3)75(100)78(103)68(53-88)115-81/h57-60,65-68,73-81,86-88,93,98-103H,5-56H2,1-4H3,(H,83,94)(H,84,95)/q-1/t57?,58?,59?,60-,65+,66?,67?,68?,73?,74?,75?,76?,77?,78?,79?,80?,81?,82?,116?/m0/s1. The fraction of sp³-hybridized carbons (Fsp3) is 0.890.